The van der Waals surface area contributed by atoms with Crippen molar-refractivity contribution in [3.8, 4) is 5.75 Å². The molecule has 1 N–H and O–H groups in total. The van der Waals surface area contributed by atoms with Crippen LogP contribution in [0, 0.1) is 5.41 Å². The number of halogens is 2. The van der Waals surface area contributed by atoms with Crippen molar-refractivity contribution in [1.82, 2.24) is 10.2 Å². The van der Waals surface area contributed by atoms with Gasteiger partial charge in [-0.05, 0) is 23.0 Å². The zero-order valence-corrected chi connectivity index (χ0v) is 17.5. The van der Waals surface area contributed by atoms with Crippen LogP contribution in [0.1, 0.15) is 57.7 Å². The Balaban J connectivity index is 0.00000264. The number of rotatable bonds is 4. The van der Waals surface area contributed by atoms with Crippen molar-refractivity contribution < 1.29 is 4.74 Å². The molecule has 5 heteroatoms. The topological polar surface area (TPSA) is 24.5 Å². The summed E-state index contributed by atoms with van der Waals surface area (Å²) in [4.78, 5) is 2.61. The maximum Gasteiger partial charge on any atom is 0.123 e. The molecule has 140 valence electrons. The predicted molar refractivity (Wildman–Crippen MR) is 108 cm³/mol. The molecule has 1 aliphatic rings. The van der Waals surface area contributed by atoms with Gasteiger partial charge in [-0.2, -0.15) is 0 Å². The minimum Gasteiger partial charge on any atom is -0.496 e. The van der Waals surface area contributed by atoms with E-state index in [1.54, 1.807) is 7.11 Å². The van der Waals surface area contributed by atoms with Gasteiger partial charge in [-0.25, -0.2) is 0 Å². The second kappa shape index (κ2) is 9.86. The van der Waals surface area contributed by atoms with E-state index >= 15 is 0 Å². The van der Waals surface area contributed by atoms with Gasteiger partial charge in [0.2, 0.25) is 0 Å². The smallest absolute Gasteiger partial charge is 0.123 e. The number of nitrogens with one attached hydrogen (secondary N) is 1. The van der Waals surface area contributed by atoms with E-state index in [2.05, 4.69) is 63.0 Å². The molecule has 1 saturated heterocycles. The summed E-state index contributed by atoms with van der Waals surface area (Å²) >= 11 is 0. The number of nitrogens with zero attached hydrogens (tertiary/aromatic N) is 1. The van der Waals surface area contributed by atoms with E-state index in [-0.39, 0.29) is 30.2 Å². The van der Waals surface area contributed by atoms with Gasteiger partial charge >= 0.3 is 0 Å². The van der Waals surface area contributed by atoms with Gasteiger partial charge in [0.1, 0.15) is 5.75 Å². The van der Waals surface area contributed by atoms with Gasteiger partial charge in [0.05, 0.1) is 7.11 Å². The van der Waals surface area contributed by atoms with Crippen molar-refractivity contribution in [2.45, 2.75) is 46.6 Å². The van der Waals surface area contributed by atoms with Crippen molar-refractivity contribution in [1.29, 1.82) is 0 Å². The van der Waals surface area contributed by atoms with Crippen molar-refractivity contribution >= 4 is 24.8 Å². The molecule has 0 unspecified atom stereocenters. The summed E-state index contributed by atoms with van der Waals surface area (Å²) in [5.41, 5.74) is 2.89. The van der Waals surface area contributed by atoms with Crippen LogP contribution in [-0.2, 0) is 0 Å². The zero-order chi connectivity index (χ0) is 16.3. The van der Waals surface area contributed by atoms with E-state index in [4.69, 9.17) is 4.74 Å². The minimum atomic E-state index is 0. The molecule has 0 radical (unpaired) electrons. The number of piperazine rings is 1. The molecule has 1 heterocycles. The predicted octanol–water partition coefficient (Wildman–Crippen LogP) is 4.65. The number of hydrogen-bond donors (Lipinski definition) is 1. The van der Waals surface area contributed by atoms with Crippen LogP contribution < -0.4 is 10.1 Å². The minimum absolute atomic E-state index is 0. The first-order chi connectivity index (χ1) is 10.3. The average molecular weight is 377 g/mol. The van der Waals surface area contributed by atoms with Crippen LogP contribution in [0.3, 0.4) is 0 Å². The molecule has 1 fully saturated rings. The molecule has 0 saturated carbocycles. The van der Waals surface area contributed by atoms with E-state index in [1.807, 2.05) is 0 Å². The Morgan fingerprint density at radius 1 is 1.08 bits per heavy atom. The van der Waals surface area contributed by atoms with Crippen molar-refractivity contribution in [2.75, 3.05) is 33.3 Å². The normalized spacial score (nSPS) is 17.0. The summed E-state index contributed by atoms with van der Waals surface area (Å²) in [6.07, 6.45) is 0. The zero-order valence-electron chi connectivity index (χ0n) is 15.9. The molecular formula is C19H34Cl2N2O. The van der Waals surface area contributed by atoms with Crippen LogP contribution in [-0.4, -0.2) is 38.2 Å². The molecule has 0 aliphatic carbocycles. The molecule has 2 rings (SSSR count). The van der Waals surface area contributed by atoms with Gasteiger partial charge in [0.15, 0.2) is 0 Å². The van der Waals surface area contributed by atoms with E-state index in [9.17, 15) is 0 Å². The maximum atomic E-state index is 5.70. The number of methoxy groups -OCH3 is 1. The third kappa shape index (κ3) is 5.52. The van der Waals surface area contributed by atoms with Gasteiger partial charge < -0.3 is 10.1 Å². The van der Waals surface area contributed by atoms with Gasteiger partial charge in [0.25, 0.3) is 0 Å². The largest absolute Gasteiger partial charge is 0.496 e. The standard InChI is InChI=1S/C19H32N2O.2ClH/c1-14(2)15-7-8-17(22-6)16(13-15)18(19(3,4)5)21-11-9-20-10-12-21;;/h7-8,13-14,18,20H,9-12H2,1-6H3;2*1H/t18-;;/m0../s1. The lowest BCUT2D eigenvalue weighted by atomic mass is 9.79. The fourth-order valence-electron chi connectivity index (χ4n) is 3.48. The maximum absolute atomic E-state index is 5.70. The Bertz CT molecular complexity index is 495. The fraction of sp³-hybridized carbons (Fsp3) is 0.684. The first-order valence-electron chi connectivity index (χ1n) is 8.47. The highest BCUT2D eigenvalue weighted by Gasteiger charge is 2.34. The highest BCUT2D eigenvalue weighted by molar-refractivity contribution is 5.85. The van der Waals surface area contributed by atoms with E-state index in [0.29, 0.717) is 12.0 Å². The quantitative estimate of drug-likeness (QED) is 0.826. The second-order valence-corrected chi connectivity index (χ2v) is 7.71. The third-order valence-corrected chi connectivity index (χ3v) is 4.55. The first kappa shape index (κ1) is 23.5. The van der Waals surface area contributed by atoms with E-state index in [1.165, 1.54) is 11.1 Å². The molecular weight excluding hydrogens is 343 g/mol. The summed E-state index contributed by atoms with van der Waals surface area (Å²) in [7, 11) is 1.78. The van der Waals surface area contributed by atoms with E-state index < -0.39 is 0 Å². The summed E-state index contributed by atoms with van der Waals surface area (Å²) in [6.45, 7) is 15.8. The van der Waals surface area contributed by atoms with Crippen molar-refractivity contribution in [2.24, 2.45) is 5.41 Å². The molecule has 1 aromatic rings. The fourth-order valence-corrected chi connectivity index (χ4v) is 3.48. The van der Waals surface area contributed by atoms with E-state index in [0.717, 1.165) is 31.9 Å². The molecule has 1 aliphatic heterocycles. The van der Waals surface area contributed by atoms with Crippen LogP contribution in [0.4, 0.5) is 0 Å². The SMILES string of the molecule is COc1ccc(C(C)C)cc1[C@H](N1CCNCC1)C(C)(C)C.Cl.Cl. The van der Waals surface area contributed by atoms with Gasteiger partial charge in [-0.1, -0.05) is 46.8 Å². The van der Waals surface area contributed by atoms with Crippen LogP contribution in [0.5, 0.6) is 5.75 Å². The summed E-state index contributed by atoms with van der Waals surface area (Å²) in [5, 5.41) is 3.46. The molecule has 0 aromatic heterocycles. The number of benzene rings is 1. The Morgan fingerprint density at radius 2 is 1.67 bits per heavy atom. The summed E-state index contributed by atoms with van der Waals surface area (Å²) in [6, 6.07) is 7.08. The average Bonchev–Trinajstić information content (AvgIpc) is 2.47. The molecule has 0 bridgehead atoms. The van der Waals surface area contributed by atoms with Crippen molar-refractivity contribution in [3.63, 3.8) is 0 Å². The van der Waals surface area contributed by atoms with Gasteiger partial charge in [-0.15, -0.1) is 24.8 Å². The van der Waals surface area contributed by atoms with Gasteiger partial charge in [-0.3, -0.25) is 4.90 Å². The molecule has 0 spiro atoms. The molecule has 1 aromatic carbocycles. The monoisotopic (exact) mass is 376 g/mol. The molecule has 0 amide bonds. The molecule has 3 nitrogen and oxygen atoms in total. The lowest BCUT2D eigenvalue weighted by Gasteiger charge is -2.43. The Kier molecular flexibility index (Phi) is 9.66. The summed E-state index contributed by atoms with van der Waals surface area (Å²) in [5.74, 6) is 1.55. The lowest BCUT2D eigenvalue weighted by molar-refractivity contribution is 0.0841. The van der Waals surface area contributed by atoms with Crippen LogP contribution in [0.25, 0.3) is 0 Å². The second-order valence-electron chi connectivity index (χ2n) is 7.71. The molecule has 1 atom stereocenters. The Labute approximate surface area is 160 Å². The first-order valence-corrected chi connectivity index (χ1v) is 8.47. The summed E-state index contributed by atoms with van der Waals surface area (Å²) < 4.78 is 5.70. The van der Waals surface area contributed by atoms with Gasteiger partial charge in [0, 0.05) is 37.8 Å². The number of hydrogen-bond acceptors (Lipinski definition) is 3. The van der Waals surface area contributed by atoms with Crippen molar-refractivity contribution in [3.05, 3.63) is 29.3 Å². The molecule has 24 heavy (non-hydrogen) atoms. The Morgan fingerprint density at radius 3 is 2.12 bits per heavy atom. The Hall–Kier alpha value is -0.480. The third-order valence-electron chi connectivity index (χ3n) is 4.55. The highest BCUT2D eigenvalue weighted by atomic mass is 35.5. The van der Waals surface area contributed by atoms with Crippen LogP contribution in [0.15, 0.2) is 18.2 Å². The lowest BCUT2D eigenvalue weighted by Crippen LogP contribution is -2.48. The number of ether oxygens (including phenoxy) is 1. The van der Waals surface area contributed by atoms with Crippen LogP contribution in [0.2, 0.25) is 0 Å². The highest BCUT2D eigenvalue weighted by Crippen LogP contribution is 2.42. The van der Waals surface area contributed by atoms with Crippen LogP contribution >= 0.6 is 24.8 Å².